The summed E-state index contributed by atoms with van der Waals surface area (Å²) in [6.45, 7) is 2.26. The largest absolute Gasteiger partial charge is 0.360 e. The van der Waals surface area contributed by atoms with Gasteiger partial charge < -0.3 is 10.6 Å². The molecule has 19 heavy (non-hydrogen) atoms. The first kappa shape index (κ1) is 14.3. The minimum absolute atomic E-state index is 0.253. The first-order valence-corrected chi connectivity index (χ1v) is 7.41. The third kappa shape index (κ3) is 4.46. The van der Waals surface area contributed by atoms with Crippen LogP contribution in [0.1, 0.15) is 39.0 Å². The summed E-state index contributed by atoms with van der Waals surface area (Å²) in [5.74, 6) is 0.624. The zero-order chi connectivity index (χ0) is 13.7. The average Bonchev–Trinajstić information content (AvgIpc) is 2.39. The summed E-state index contributed by atoms with van der Waals surface area (Å²) in [5, 5.41) is 6.95. The molecule has 0 amide bonds. The molecule has 1 aliphatic rings. The normalized spacial score (nSPS) is 22.8. The van der Waals surface area contributed by atoms with Crippen LogP contribution in [0.3, 0.4) is 0 Å². The van der Waals surface area contributed by atoms with Crippen LogP contribution in [0.4, 0.5) is 10.1 Å². The molecule has 0 atom stereocenters. The van der Waals surface area contributed by atoms with E-state index in [1.54, 1.807) is 6.07 Å². The number of thiocarbonyl (C=S) groups is 1. The summed E-state index contributed by atoms with van der Waals surface area (Å²) < 4.78 is 13.1. The number of hydrogen-bond donors (Lipinski definition) is 2. The van der Waals surface area contributed by atoms with Gasteiger partial charge in [0.1, 0.15) is 5.82 Å². The van der Waals surface area contributed by atoms with E-state index < -0.39 is 0 Å². The van der Waals surface area contributed by atoms with Gasteiger partial charge in [0.15, 0.2) is 5.11 Å². The Hall–Kier alpha value is -1.16. The Morgan fingerprint density at radius 2 is 2.05 bits per heavy atom. The molecule has 0 aromatic heterocycles. The number of benzene rings is 1. The minimum Gasteiger partial charge on any atom is -0.360 e. The van der Waals surface area contributed by atoms with Crippen LogP contribution >= 0.6 is 12.2 Å². The van der Waals surface area contributed by atoms with Crippen molar-refractivity contribution in [2.75, 3.05) is 5.32 Å². The molecule has 1 aromatic carbocycles. The molecule has 0 radical (unpaired) electrons. The second kappa shape index (κ2) is 6.85. The Kier molecular flexibility index (Phi) is 5.14. The maximum absolute atomic E-state index is 13.1. The molecule has 104 valence electrons. The second-order valence-electron chi connectivity index (χ2n) is 5.23. The predicted molar refractivity (Wildman–Crippen MR) is 81.8 cm³/mol. The fraction of sp³-hybridized carbons (Fsp3) is 0.533. The van der Waals surface area contributed by atoms with Crippen molar-refractivity contribution in [3.8, 4) is 0 Å². The molecule has 0 spiro atoms. The molecule has 1 aromatic rings. The summed E-state index contributed by atoms with van der Waals surface area (Å²) in [7, 11) is 0. The van der Waals surface area contributed by atoms with Crippen LogP contribution < -0.4 is 10.6 Å². The predicted octanol–water partition coefficient (Wildman–Crippen LogP) is 4.08. The lowest BCUT2D eigenvalue weighted by molar-refractivity contribution is 0.306. The summed E-state index contributed by atoms with van der Waals surface area (Å²) in [5.41, 5.74) is 0.694. The first-order valence-electron chi connectivity index (χ1n) is 7.00. The van der Waals surface area contributed by atoms with E-state index in [-0.39, 0.29) is 5.82 Å². The van der Waals surface area contributed by atoms with Crippen LogP contribution in [0.5, 0.6) is 0 Å². The van der Waals surface area contributed by atoms with Gasteiger partial charge in [-0.1, -0.05) is 19.4 Å². The highest BCUT2D eigenvalue weighted by Crippen LogP contribution is 2.26. The van der Waals surface area contributed by atoms with Gasteiger partial charge in [0.25, 0.3) is 0 Å². The zero-order valence-electron chi connectivity index (χ0n) is 11.3. The van der Waals surface area contributed by atoms with E-state index in [0.29, 0.717) is 16.8 Å². The van der Waals surface area contributed by atoms with Gasteiger partial charge in [-0.05, 0) is 62.0 Å². The van der Waals surface area contributed by atoms with Crippen LogP contribution in [-0.4, -0.2) is 11.2 Å². The number of rotatable bonds is 3. The highest BCUT2D eigenvalue weighted by atomic mass is 32.1. The summed E-state index contributed by atoms with van der Waals surface area (Å²) in [6, 6.07) is 6.81. The van der Waals surface area contributed by atoms with E-state index in [1.807, 2.05) is 6.07 Å². The van der Waals surface area contributed by atoms with Crippen molar-refractivity contribution in [2.24, 2.45) is 5.92 Å². The van der Waals surface area contributed by atoms with Crippen LogP contribution in [-0.2, 0) is 0 Å². The van der Waals surface area contributed by atoms with E-state index >= 15 is 0 Å². The van der Waals surface area contributed by atoms with Gasteiger partial charge in [0.2, 0.25) is 0 Å². The maximum atomic E-state index is 13.1. The van der Waals surface area contributed by atoms with E-state index in [4.69, 9.17) is 12.2 Å². The molecule has 1 fully saturated rings. The van der Waals surface area contributed by atoms with E-state index in [9.17, 15) is 4.39 Å². The number of nitrogens with one attached hydrogen (secondary N) is 2. The van der Waals surface area contributed by atoms with E-state index in [1.165, 1.54) is 44.2 Å². The highest BCUT2D eigenvalue weighted by Gasteiger charge is 2.20. The lowest BCUT2D eigenvalue weighted by Gasteiger charge is -2.29. The second-order valence-corrected chi connectivity index (χ2v) is 5.64. The molecule has 4 heteroatoms. The molecule has 0 saturated heterocycles. The molecule has 1 aliphatic carbocycles. The van der Waals surface area contributed by atoms with Crippen molar-refractivity contribution in [3.05, 3.63) is 30.1 Å². The van der Waals surface area contributed by atoms with E-state index in [2.05, 4.69) is 17.6 Å². The van der Waals surface area contributed by atoms with Gasteiger partial charge in [-0.3, -0.25) is 0 Å². The SMILES string of the molecule is CCC1CCC(NC(=S)Nc2cccc(F)c2)CC1. The number of anilines is 1. The lowest BCUT2D eigenvalue weighted by Crippen LogP contribution is -2.39. The quantitative estimate of drug-likeness (QED) is 0.816. The molecule has 0 heterocycles. The van der Waals surface area contributed by atoms with Crippen LogP contribution in [0.25, 0.3) is 0 Å². The standard InChI is InChI=1S/C15H21FN2S/c1-2-11-6-8-13(9-7-11)17-15(19)18-14-5-3-4-12(16)10-14/h3-5,10-11,13H,2,6-9H2,1H3,(H2,17,18,19). The van der Waals surface area contributed by atoms with Gasteiger partial charge in [-0.2, -0.15) is 0 Å². The van der Waals surface area contributed by atoms with Gasteiger partial charge >= 0.3 is 0 Å². The number of halogens is 1. The first-order chi connectivity index (χ1) is 9.17. The van der Waals surface area contributed by atoms with Crippen molar-refractivity contribution in [1.29, 1.82) is 0 Å². The van der Waals surface area contributed by atoms with Crippen LogP contribution in [0.15, 0.2) is 24.3 Å². The van der Waals surface area contributed by atoms with Gasteiger partial charge in [-0.15, -0.1) is 0 Å². The van der Waals surface area contributed by atoms with E-state index in [0.717, 1.165) is 5.92 Å². The van der Waals surface area contributed by atoms with Crippen LogP contribution in [0, 0.1) is 11.7 Å². The molecule has 2 rings (SSSR count). The van der Waals surface area contributed by atoms with Gasteiger partial charge in [0.05, 0.1) is 0 Å². The van der Waals surface area contributed by atoms with Crippen molar-refractivity contribution < 1.29 is 4.39 Å². The molecule has 0 bridgehead atoms. The molecular weight excluding hydrogens is 259 g/mol. The monoisotopic (exact) mass is 280 g/mol. The Morgan fingerprint density at radius 1 is 1.32 bits per heavy atom. The smallest absolute Gasteiger partial charge is 0.170 e. The topological polar surface area (TPSA) is 24.1 Å². The van der Waals surface area contributed by atoms with Crippen molar-refractivity contribution in [2.45, 2.75) is 45.1 Å². The third-order valence-corrected chi connectivity index (χ3v) is 4.06. The summed E-state index contributed by atoms with van der Waals surface area (Å²) in [4.78, 5) is 0. The Labute approximate surface area is 119 Å². The Balaban J connectivity index is 1.79. The summed E-state index contributed by atoms with van der Waals surface area (Å²) >= 11 is 5.27. The highest BCUT2D eigenvalue weighted by molar-refractivity contribution is 7.80. The van der Waals surface area contributed by atoms with Crippen LogP contribution in [0.2, 0.25) is 0 Å². The fourth-order valence-corrected chi connectivity index (χ4v) is 2.92. The van der Waals surface area contributed by atoms with Gasteiger partial charge in [0, 0.05) is 11.7 Å². The van der Waals surface area contributed by atoms with Crippen molar-refractivity contribution >= 4 is 23.0 Å². The van der Waals surface area contributed by atoms with Gasteiger partial charge in [-0.25, -0.2) is 4.39 Å². The maximum Gasteiger partial charge on any atom is 0.170 e. The Morgan fingerprint density at radius 3 is 2.68 bits per heavy atom. The number of hydrogen-bond acceptors (Lipinski definition) is 1. The average molecular weight is 280 g/mol. The molecule has 1 saturated carbocycles. The fourth-order valence-electron chi connectivity index (χ4n) is 2.63. The molecule has 2 nitrogen and oxygen atoms in total. The molecular formula is C15H21FN2S. The Bertz CT molecular complexity index is 428. The molecule has 0 aliphatic heterocycles. The minimum atomic E-state index is -0.253. The molecule has 0 unspecified atom stereocenters. The summed E-state index contributed by atoms with van der Waals surface area (Å²) in [6.07, 6.45) is 6.17. The zero-order valence-corrected chi connectivity index (χ0v) is 12.1. The van der Waals surface area contributed by atoms with Crippen molar-refractivity contribution in [1.82, 2.24) is 5.32 Å². The van der Waals surface area contributed by atoms with Crippen molar-refractivity contribution in [3.63, 3.8) is 0 Å². The molecule has 2 N–H and O–H groups in total. The lowest BCUT2D eigenvalue weighted by atomic mass is 9.85. The third-order valence-electron chi connectivity index (χ3n) is 3.84.